The SMILES string of the molecule is CCOC(=O)CC#Cc1cc(Cl)ccc1C(=O)O. The molecule has 1 aromatic rings. The number of carbonyl (C=O) groups excluding carboxylic acids is 1. The van der Waals surface area contributed by atoms with E-state index in [2.05, 4.69) is 11.8 Å². The van der Waals surface area contributed by atoms with E-state index in [1.807, 2.05) is 0 Å². The van der Waals surface area contributed by atoms with Crippen LogP contribution in [0.1, 0.15) is 29.3 Å². The van der Waals surface area contributed by atoms with Crippen molar-refractivity contribution in [3.05, 3.63) is 34.3 Å². The summed E-state index contributed by atoms with van der Waals surface area (Å²) in [7, 11) is 0. The first kappa shape index (κ1) is 14.1. The molecule has 0 unspecified atom stereocenters. The van der Waals surface area contributed by atoms with Crippen LogP contribution in [0.15, 0.2) is 18.2 Å². The van der Waals surface area contributed by atoms with Crippen LogP contribution in [0.3, 0.4) is 0 Å². The van der Waals surface area contributed by atoms with Crippen molar-refractivity contribution in [1.29, 1.82) is 0 Å². The molecule has 0 aliphatic heterocycles. The lowest BCUT2D eigenvalue weighted by atomic mass is 10.1. The Labute approximate surface area is 110 Å². The molecule has 5 heteroatoms. The van der Waals surface area contributed by atoms with Crippen LogP contribution in [-0.2, 0) is 9.53 Å². The van der Waals surface area contributed by atoms with Crippen LogP contribution in [0.2, 0.25) is 5.02 Å². The van der Waals surface area contributed by atoms with Crippen molar-refractivity contribution in [2.45, 2.75) is 13.3 Å². The number of hydrogen-bond acceptors (Lipinski definition) is 3. The molecule has 0 aliphatic carbocycles. The standard InChI is InChI=1S/C13H11ClO4/c1-2-18-12(15)5-3-4-9-8-10(14)6-7-11(9)13(16)17/h6-8H,2,5H2,1H3,(H,16,17). The summed E-state index contributed by atoms with van der Waals surface area (Å²) in [6.45, 7) is 1.99. The molecule has 1 aromatic carbocycles. The molecule has 1 rings (SSSR count). The molecule has 1 N–H and O–H groups in total. The van der Waals surface area contributed by atoms with Crippen LogP contribution in [0.5, 0.6) is 0 Å². The molecule has 0 heterocycles. The number of ether oxygens (including phenoxy) is 1. The summed E-state index contributed by atoms with van der Waals surface area (Å²) in [6, 6.07) is 4.30. The number of carboxylic acids is 1. The van der Waals surface area contributed by atoms with Crippen LogP contribution in [-0.4, -0.2) is 23.7 Å². The van der Waals surface area contributed by atoms with Crippen molar-refractivity contribution < 1.29 is 19.4 Å². The molecule has 0 fully saturated rings. The minimum absolute atomic E-state index is 0.0516. The maximum absolute atomic E-state index is 11.1. The van der Waals surface area contributed by atoms with E-state index in [4.69, 9.17) is 21.4 Å². The van der Waals surface area contributed by atoms with Gasteiger partial charge in [-0.05, 0) is 25.1 Å². The van der Waals surface area contributed by atoms with E-state index in [0.717, 1.165) is 0 Å². The van der Waals surface area contributed by atoms with Gasteiger partial charge in [0.1, 0.15) is 6.42 Å². The number of halogens is 1. The zero-order valence-corrected chi connectivity index (χ0v) is 10.5. The lowest BCUT2D eigenvalue weighted by molar-refractivity contribution is -0.141. The van der Waals surface area contributed by atoms with E-state index >= 15 is 0 Å². The maximum atomic E-state index is 11.1. The van der Waals surface area contributed by atoms with Gasteiger partial charge >= 0.3 is 11.9 Å². The predicted molar refractivity (Wildman–Crippen MR) is 66.5 cm³/mol. The topological polar surface area (TPSA) is 63.6 Å². The van der Waals surface area contributed by atoms with E-state index in [1.54, 1.807) is 6.92 Å². The molecule has 0 amide bonds. The van der Waals surface area contributed by atoms with Gasteiger partial charge in [-0.15, -0.1) is 0 Å². The van der Waals surface area contributed by atoms with E-state index in [1.165, 1.54) is 18.2 Å². The summed E-state index contributed by atoms with van der Waals surface area (Å²) in [4.78, 5) is 22.0. The Morgan fingerprint density at radius 1 is 1.44 bits per heavy atom. The van der Waals surface area contributed by atoms with Gasteiger partial charge < -0.3 is 9.84 Å². The molecule has 0 radical (unpaired) electrons. The summed E-state index contributed by atoms with van der Waals surface area (Å²) in [5.41, 5.74) is 0.329. The fourth-order valence-corrected chi connectivity index (χ4v) is 1.40. The smallest absolute Gasteiger partial charge is 0.336 e. The van der Waals surface area contributed by atoms with Gasteiger partial charge in [-0.25, -0.2) is 4.79 Å². The van der Waals surface area contributed by atoms with Gasteiger partial charge in [0, 0.05) is 10.6 Å². The first-order valence-electron chi connectivity index (χ1n) is 5.22. The van der Waals surface area contributed by atoms with Gasteiger partial charge in [0.25, 0.3) is 0 Å². The molecule has 0 saturated heterocycles. The van der Waals surface area contributed by atoms with Crippen molar-refractivity contribution in [2.75, 3.05) is 6.61 Å². The van der Waals surface area contributed by atoms with Crippen molar-refractivity contribution in [2.24, 2.45) is 0 Å². The highest BCUT2D eigenvalue weighted by atomic mass is 35.5. The normalized spacial score (nSPS) is 9.22. The Kier molecular flexibility index (Phi) is 5.22. The quantitative estimate of drug-likeness (QED) is 0.674. The van der Waals surface area contributed by atoms with Crippen molar-refractivity contribution >= 4 is 23.5 Å². The molecule has 18 heavy (non-hydrogen) atoms. The van der Waals surface area contributed by atoms with Gasteiger partial charge in [0.15, 0.2) is 0 Å². The van der Waals surface area contributed by atoms with Gasteiger partial charge in [0.2, 0.25) is 0 Å². The van der Waals surface area contributed by atoms with E-state index in [9.17, 15) is 9.59 Å². The first-order valence-corrected chi connectivity index (χ1v) is 5.59. The average Bonchev–Trinajstić information content (AvgIpc) is 2.29. The third kappa shape index (κ3) is 4.11. The molecule has 4 nitrogen and oxygen atoms in total. The molecular formula is C13H11ClO4. The van der Waals surface area contributed by atoms with E-state index in [-0.39, 0.29) is 24.2 Å². The van der Waals surface area contributed by atoms with E-state index < -0.39 is 11.9 Å². The minimum atomic E-state index is -1.09. The maximum Gasteiger partial charge on any atom is 0.336 e. The molecule has 0 saturated carbocycles. The van der Waals surface area contributed by atoms with Gasteiger partial charge in [-0.1, -0.05) is 23.4 Å². The summed E-state index contributed by atoms with van der Waals surface area (Å²) in [5.74, 6) is 3.64. The highest BCUT2D eigenvalue weighted by Gasteiger charge is 2.08. The Bertz CT molecular complexity index is 526. The molecule has 0 aromatic heterocycles. The van der Waals surface area contributed by atoms with Crippen molar-refractivity contribution in [3.8, 4) is 11.8 Å². The van der Waals surface area contributed by atoms with Gasteiger partial charge in [-0.2, -0.15) is 0 Å². The Morgan fingerprint density at radius 3 is 2.78 bits per heavy atom. The number of esters is 1. The second-order valence-electron chi connectivity index (χ2n) is 3.28. The molecule has 94 valence electrons. The summed E-state index contributed by atoms with van der Waals surface area (Å²) in [6.07, 6.45) is -0.0839. The van der Waals surface area contributed by atoms with Crippen LogP contribution in [0.25, 0.3) is 0 Å². The number of carboxylic acid groups (broad SMARTS) is 1. The van der Waals surface area contributed by atoms with Gasteiger partial charge in [-0.3, -0.25) is 4.79 Å². The van der Waals surface area contributed by atoms with Crippen molar-refractivity contribution in [3.63, 3.8) is 0 Å². The lowest BCUT2D eigenvalue weighted by Crippen LogP contribution is -2.02. The Balaban J connectivity index is 2.90. The summed E-state index contributed by atoms with van der Waals surface area (Å²) in [5, 5.41) is 9.34. The summed E-state index contributed by atoms with van der Waals surface area (Å²) < 4.78 is 4.70. The second-order valence-corrected chi connectivity index (χ2v) is 3.72. The molecular weight excluding hydrogens is 256 g/mol. The van der Waals surface area contributed by atoms with Crippen LogP contribution in [0.4, 0.5) is 0 Å². The van der Waals surface area contributed by atoms with E-state index in [0.29, 0.717) is 5.02 Å². The third-order valence-corrected chi connectivity index (χ3v) is 2.21. The van der Waals surface area contributed by atoms with Crippen LogP contribution in [0, 0.1) is 11.8 Å². The zero-order valence-electron chi connectivity index (χ0n) is 9.70. The van der Waals surface area contributed by atoms with Crippen molar-refractivity contribution in [1.82, 2.24) is 0 Å². The third-order valence-electron chi connectivity index (χ3n) is 1.97. The summed E-state index contributed by atoms with van der Waals surface area (Å²) >= 11 is 5.76. The first-order chi connectivity index (χ1) is 8.54. The molecule has 0 aliphatic rings. The zero-order chi connectivity index (χ0) is 13.5. The highest BCUT2D eigenvalue weighted by molar-refractivity contribution is 6.30. The monoisotopic (exact) mass is 266 g/mol. The molecule has 0 bridgehead atoms. The number of benzene rings is 1. The van der Waals surface area contributed by atoms with Crippen LogP contribution < -0.4 is 0 Å². The Morgan fingerprint density at radius 2 is 2.17 bits per heavy atom. The predicted octanol–water partition coefficient (Wildman–Crippen LogP) is 2.34. The number of rotatable bonds is 3. The molecule has 0 spiro atoms. The fourth-order valence-electron chi connectivity index (χ4n) is 1.23. The Hall–Kier alpha value is -1.99. The lowest BCUT2D eigenvalue weighted by Gasteiger charge is -1.99. The van der Waals surface area contributed by atoms with Crippen LogP contribution >= 0.6 is 11.6 Å². The van der Waals surface area contributed by atoms with Gasteiger partial charge in [0.05, 0.1) is 12.2 Å². The second kappa shape index (κ2) is 6.67. The molecule has 0 atom stereocenters. The number of hydrogen-bond donors (Lipinski definition) is 1. The average molecular weight is 267 g/mol. The minimum Gasteiger partial charge on any atom is -0.478 e. The fraction of sp³-hybridized carbons (Fsp3) is 0.231. The highest BCUT2D eigenvalue weighted by Crippen LogP contribution is 2.15. The number of aromatic carboxylic acids is 1. The number of carbonyl (C=O) groups is 2. The largest absolute Gasteiger partial charge is 0.478 e.